The number of phenols is 1. The van der Waals surface area contributed by atoms with E-state index in [0.29, 0.717) is 11.8 Å². The number of hydrogen-bond donors (Lipinski definition) is 2. The molecular formula is C15H18NOS+. The van der Waals surface area contributed by atoms with E-state index in [4.69, 9.17) is 0 Å². The van der Waals surface area contributed by atoms with Crippen LogP contribution in [0.3, 0.4) is 0 Å². The lowest BCUT2D eigenvalue weighted by Crippen LogP contribution is -2.60. The van der Waals surface area contributed by atoms with Crippen LogP contribution in [0.2, 0.25) is 0 Å². The summed E-state index contributed by atoms with van der Waals surface area (Å²) < 4.78 is 0. The molecule has 2 nitrogen and oxygen atoms in total. The molecule has 0 aliphatic rings. The number of benzene rings is 2. The van der Waals surface area contributed by atoms with Gasteiger partial charge in [0.05, 0.1) is 10.9 Å². The van der Waals surface area contributed by atoms with Crippen LogP contribution in [0.1, 0.15) is 12.5 Å². The summed E-state index contributed by atoms with van der Waals surface area (Å²) in [6.45, 7) is 2.11. The van der Waals surface area contributed by atoms with Crippen LogP contribution < -0.4 is 5.73 Å². The van der Waals surface area contributed by atoms with Gasteiger partial charge in [-0.15, -0.1) is 0 Å². The van der Waals surface area contributed by atoms with Gasteiger partial charge in [-0.25, -0.2) is 0 Å². The van der Waals surface area contributed by atoms with Crippen LogP contribution in [0, 0.1) is 0 Å². The SMILES string of the molecule is C[C@@H]([NH3+])Cc1ccccc1Sc1ccccc1O. The van der Waals surface area contributed by atoms with Crippen LogP contribution in [-0.4, -0.2) is 11.1 Å². The van der Waals surface area contributed by atoms with Crippen LogP contribution in [0.15, 0.2) is 58.3 Å². The largest absolute Gasteiger partial charge is 0.507 e. The molecule has 0 heterocycles. The molecule has 0 spiro atoms. The Hall–Kier alpha value is -1.45. The Morgan fingerprint density at radius 1 is 1.06 bits per heavy atom. The summed E-state index contributed by atoms with van der Waals surface area (Å²) in [7, 11) is 0. The van der Waals surface area contributed by atoms with Gasteiger partial charge in [-0.2, -0.15) is 0 Å². The van der Waals surface area contributed by atoms with Gasteiger partial charge >= 0.3 is 0 Å². The molecule has 0 fully saturated rings. The van der Waals surface area contributed by atoms with E-state index in [0.717, 1.165) is 11.3 Å². The molecule has 0 aliphatic carbocycles. The second-order valence-electron chi connectivity index (χ2n) is 4.49. The van der Waals surface area contributed by atoms with Gasteiger partial charge < -0.3 is 10.8 Å². The Morgan fingerprint density at radius 3 is 2.33 bits per heavy atom. The molecule has 18 heavy (non-hydrogen) atoms. The van der Waals surface area contributed by atoms with Crippen LogP contribution >= 0.6 is 11.8 Å². The van der Waals surface area contributed by atoms with Crippen molar-refractivity contribution in [1.82, 2.24) is 0 Å². The van der Waals surface area contributed by atoms with Crippen molar-refractivity contribution in [1.29, 1.82) is 0 Å². The fourth-order valence-electron chi connectivity index (χ4n) is 1.81. The molecule has 2 aromatic rings. The summed E-state index contributed by atoms with van der Waals surface area (Å²) in [6.07, 6.45) is 0.955. The second-order valence-corrected chi connectivity index (χ2v) is 5.57. The molecule has 4 N–H and O–H groups in total. The average molecular weight is 260 g/mol. The average Bonchev–Trinajstić information content (AvgIpc) is 2.34. The van der Waals surface area contributed by atoms with Crippen molar-refractivity contribution in [3.63, 3.8) is 0 Å². The molecule has 0 unspecified atom stereocenters. The predicted molar refractivity (Wildman–Crippen MR) is 74.7 cm³/mol. The molecular weight excluding hydrogens is 242 g/mol. The maximum absolute atomic E-state index is 9.81. The zero-order valence-corrected chi connectivity index (χ0v) is 11.3. The number of hydrogen-bond acceptors (Lipinski definition) is 2. The van der Waals surface area contributed by atoms with Crippen LogP contribution in [0.4, 0.5) is 0 Å². The first-order valence-electron chi connectivity index (χ1n) is 6.03. The molecule has 94 valence electrons. The first-order valence-corrected chi connectivity index (χ1v) is 6.85. The van der Waals surface area contributed by atoms with Gasteiger partial charge in [-0.05, 0) is 30.7 Å². The van der Waals surface area contributed by atoms with E-state index < -0.39 is 0 Å². The first kappa shape index (κ1) is 13.0. The molecule has 3 heteroatoms. The Bertz CT molecular complexity index is 525. The van der Waals surface area contributed by atoms with Crippen molar-refractivity contribution in [3.8, 4) is 5.75 Å². The maximum Gasteiger partial charge on any atom is 0.129 e. The van der Waals surface area contributed by atoms with E-state index in [-0.39, 0.29) is 0 Å². The highest BCUT2D eigenvalue weighted by Gasteiger charge is 2.09. The Labute approximate surface area is 112 Å². The summed E-state index contributed by atoms with van der Waals surface area (Å²) in [5.41, 5.74) is 5.33. The maximum atomic E-state index is 9.81. The molecule has 1 atom stereocenters. The number of rotatable bonds is 4. The monoisotopic (exact) mass is 260 g/mol. The highest BCUT2D eigenvalue weighted by molar-refractivity contribution is 7.99. The molecule has 0 aliphatic heterocycles. The molecule has 0 bridgehead atoms. The summed E-state index contributed by atoms with van der Waals surface area (Å²) >= 11 is 1.61. The van der Waals surface area contributed by atoms with Crippen LogP contribution in [0.5, 0.6) is 5.75 Å². The van der Waals surface area contributed by atoms with Crippen LogP contribution in [-0.2, 0) is 6.42 Å². The molecule has 0 saturated carbocycles. The number of phenolic OH excluding ortho intramolecular Hbond substituents is 1. The molecule has 2 aromatic carbocycles. The van der Waals surface area contributed by atoms with Gasteiger partial charge in [0.2, 0.25) is 0 Å². The smallest absolute Gasteiger partial charge is 0.129 e. The van der Waals surface area contributed by atoms with E-state index in [1.807, 2.05) is 30.3 Å². The van der Waals surface area contributed by atoms with Crippen molar-refractivity contribution in [3.05, 3.63) is 54.1 Å². The fourth-order valence-corrected chi connectivity index (χ4v) is 2.79. The van der Waals surface area contributed by atoms with E-state index >= 15 is 0 Å². The van der Waals surface area contributed by atoms with Crippen molar-refractivity contribution >= 4 is 11.8 Å². The zero-order chi connectivity index (χ0) is 13.0. The van der Waals surface area contributed by atoms with Crippen LogP contribution in [0.25, 0.3) is 0 Å². The standard InChI is InChI=1S/C15H17NOS/c1-11(16)10-12-6-2-4-8-14(12)18-15-9-5-3-7-13(15)17/h2-9,11,17H,10,16H2,1H3/p+1/t11-/m1/s1. The summed E-state index contributed by atoms with van der Waals surface area (Å²) in [5, 5.41) is 9.81. The van der Waals surface area contributed by atoms with Gasteiger partial charge in [0.15, 0.2) is 0 Å². The van der Waals surface area contributed by atoms with Gasteiger partial charge in [0.1, 0.15) is 5.75 Å². The minimum atomic E-state index is 0.333. The second kappa shape index (κ2) is 5.94. The lowest BCUT2D eigenvalue weighted by atomic mass is 10.1. The van der Waals surface area contributed by atoms with E-state index in [9.17, 15) is 5.11 Å². The highest BCUT2D eigenvalue weighted by Crippen LogP contribution is 2.35. The molecule has 0 amide bonds. The normalized spacial score (nSPS) is 12.3. The van der Waals surface area contributed by atoms with Crippen molar-refractivity contribution in [2.24, 2.45) is 0 Å². The van der Waals surface area contributed by atoms with Gasteiger partial charge in [-0.3, -0.25) is 0 Å². The molecule has 0 aromatic heterocycles. The van der Waals surface area contributed by atoms with Crippen molar-refractivity contribution in [2.45, 2.75) is 29.2 Å². The summed E-state index contributed by atoms with van der Waals surface area (Å²) in [5.74, 6) is 0.333. The quantitative estimate of drug-likeness (QED) is 0.888. The van der Waals surface area contributed by atoms with E-state index in [1.165, 1.54) is 10.5 Å². The fraction of sp³-hybridized carbons (Fsp3) is 0.200. The molecule has 0 radical (unpaired) electrons. The third kappa shape index (κ3) is 3.28. The summed E-state index contributed by atoms with van der Waals surface area (Å²) in [6, 6.07) is 16.1. The van der Waals surface area contributed by atoms with Gasteiger partial charge in [0, 0.05) is 11.3 Å². The molecule has 2 rings (SSSR count). The third-order valence-electron chi connectivity index (χ3n) is 2.63. The Balaban J connectivity index is 2.26. The third-order valence-corrected chi connectivity index (χ3v) is 3.81. The topological polar surface area (TPSA) is 47.9 Å². The lowest BCUT2D eigenvalue weighted by Gasteiger charge is -2.10. The Kier molecular flexibility index (Phi) is 4.28. The predicted octanol–water partition coefficient (Wildman–Crippen LogP) is 2.72. The first-order chi connectivity index (χ1) is 8.66. The lowest BCUT2D eigenvalue weighted by molar-refractivity contribution is -0.413. The Morgan fingerprint density at radius 2 is 1.67 bits per heavy atom. The van der Waals surface area contributed by atoms with Crippen molar-refractivity contribution < 1.29 is 10.8 Å². The minimum Gasteiger partial charge on any atom is -0.507 e. The zero-order valence-electron chi connectivity index (χ0n) is 10.5. The number of quaternary nitrogens is 1. The van der Waals surface area contributed by atoms with Crippen molar-refractivity contribution in [2.75, 3.05) is 0 Å². The van der Waals surface area contributed by atoms with Gasteiger partial charge in [-0.1, -0.05) is 42.1 Å². The number of para-hydroxylation sites is 1. The van der Waals surface area contributed by atoms with Gasteiger partial charge in [0.25, 0.3) is 0 Å². The van der Waals surface area contributed by atoms with E-state index in [2.05, 4.69) is 24.8 Å². The molecule has 0 saturated heterocycles. The highest BCUT2D eigenvalue weighted by atomic mass is 32.2. The van der Waals surface area contributed by atoms with E-state index in [1.54, 1.807) is 17.8 Å². The minimum absolute atomic E-state index is 0.333. The number of aromatic hydroxyl groups is 1. The summed E-state index contributed by atoms with van der Waals surface area (Å²) in [4.78, 5) is 2.08.